The summed E-state index contributed by atoms with van der Waals surface area (Å²) in [6.45, 7) is 4.02. The molecule has 2 aromatic rings. The van der Waals surface area contributed by atoms with Crippen molar-refractivity contribution in [3.05, 3.63) is 66.2 Å². The van der Waals surface area contributed by atoms with E-state index in [0.29, 0.717) is 19.3 Å². The van der Waals surface area contributed by atoms with E-state index in [0.717, 1.165) is 5.56 Å². The summed E-state index contributed by atoms with van der Waals surface area (Å²) in [6, 6.07) is 16.6. The number of benzene rings is 2. The van der Waals surface area contributed by atoms with Crippen LogP contribution in [-0.2, 0) is 31.1 Å². The first-order valence-corrected chi connectivity index (χ1v) is 16.0. The second-order valence-corrected chi connectivity index (χ2v) is 14.4. The molecule has 3 atom stereocenters. The van der Waals surface area contributed by atoms with Gasteiger partial charge in [-0.05, 0) is 49.3 Å². The van der Waals surface area contributed by atoms with E-state index in [4.69, 9.17) is 0 Å². The Kier molecular flexibility index (Phi) is 10.3. The zero-order valence-corrected chi connectivity index (χ0v) is 23.1. The maximum Gasteiger partial charge on any atom is 0.243 e. The molecule has 1 amide bonds. The van der Waals surface area contributed by atoms with Gasteiger partial charge in [0.05, 0.1) is 34.5 Å². The zero-order chi connectivity index (χ0) is 27.1. The van der Waals surface area contributed by atoms with E-state index in [9.17, 15) is 26.7 Å². The Morgan fingerprint density at radius 2 is 1.70 bits per heavy atom. The van der Waals surface area contributed by atoms with E-state index in [-0.39, 0.29) is 41.8 Å². The van der Waals surface area contributed by atoms with Gasteiger partial charge in [-0.2, -0.15) is 4.31 Å². The van der Waals surface area contributed by atoms with Gasteiger partial charge in [-0.25, -0.2) is 16.8 Å². The summed E-state index contributed by atoms with van der Waals surface area (Å²) in [6.07, 6.45) is 0.549. The first kappa shape index (κ1) is 29.3. The predicted octanol–water partition coefficient (Wildman–Crippen LogP) is 2.64. The SMILES string of the molecule is CC(C)CCN(C[C@@H](O)[C@H](Cc1ccccc1)NC(=O)C1CCCS(=O)(=O)C1)S(=O)(=O)c1ccccc1. The van der Waals surface area contributed by atoms with Crippen LogP contribution in [0.4, 0.5) is 0 Å². The minimum Gasteiger partial charge on any atom is -0.390 e. The van der Waals surface area contributed by atoms with Gasteiger partial charge in [0, 0.05) is 13.1 Å². The minimum atomic E-state index is -3.88. The van der Waals surface area contributed by atoms with Crippen LogP contribution in [0.25, 0.3) is 0 Å². The van der Waals surface area contributed by atoms with Crippen molar-refractivity contribution in [2.75, 3.05) is 24.6 Å². The normalized spacial score (nSPS) is 19.4. The summed E-state index contributed by atoms with van der Waals surface area (Å²) in [5, 5.41) is 14.2. The van der Waals surface area contributed by atoms with Crippen LogP contribution in [0.2, 0.25) is 0 Å². The van der Waals surface area contributed by atoms with Crippen molar-refractivity contribution in [1.29, 1.82) is 0 Å². The summed E-state index contributed by atoms with van der Waals surface area (Å²) in [7, 11) is -7.17. The molecule has 1 heterocycles. The Morgan fingerprint density at radius 1 is 1.08 bits per heavy atom. The molecule has 2 N–H and O–H groups in total. The van der Waals surface area contributed by atoms with E-state index < -0.39 is 43.8 Å². The second kappa shape index (κ2) is 13.0. The van der Waals surface area contributed by atoms with Crippen molar-refractivity contribution in [3.63, 3.8) is 0 Å². The van der Waals surface area contributed by atoms with Crippen molar-refractivity contribution in [1.82, 2.24) is 9.62 Å². The number of nitrogens with zero attached hydrogens (tertiary/aromatic N) is 1. The number of aliphatic hydroxyl groups is 1. The molecule has 0 radical (unpaired) electrons. The topological polar surface area (TPSA) is 121 Å². The fourth-order valence-electron chi connectivity index (χ4n) is 4.47. The number of rotatable bonds is 12. The number of carbonyl (C=O) groups excluding carboxylic acids is 1. The number of nitrogens with one attached hydrogen (secondary N) is 1. The van der Waals surface area contributed by atoms with Crippen LogP contribution < -0.4 is 5.32 Å². The lowest BCUT2D eigenvalue weighted by Crippen LogP contribution is -2.52. The summed E-state index contributed by atoms with van der Waals surface area (Å²) in [5.74, 6) is -0.999. The number of hydrogen-bond acceptors (Lipinski definition) is 6. The first-order valence-electron chi connectivity index (χ1n) is 12.8. The maximum atomic E-state index is 13.5. The fourth-order valence-corrected chi connectivity index (χ4v) is 7.67. The number of amides is 1. The van der Waals surface area contributed by atoms with Gasteiger partial charge < -0.3 is 10.4 Å². The van der Waals surface area contributed by atoms with E-state index in [1.165, 1.54) is 16.4 Å². The lowest BCUT2D eigenvalue weighted by atomic mass is 9.98. The monoisotopic (exact) mass is 550 g/mol. The number of carbonyl (C=O) groups is 1. The van der Waals surface area contributed by atoms with E-state index in [1.54, 1.807) is 18.2 Å². The third-order valence-electron chi connectivity index (χ3n) is 6.65. The average Bonchev–Trinajstić information content (AvgIpc) is 2.86. The highest BCUT2D eigenvalue weighted by Gasteiger charge is 2.34. The van der Waals surface area contributed by atoms with Crippen molar-refractivity contribution in [2.24, 2.45) is 11.8 Å². The molecule has 1 aliphatic rings. The highest BCUT2D eigenvalue weighted by atomic mass is 32.2. The Labute approximate surface area is 221 Å². The Balaban J connectivity index is 1.84. The van der Waals surface area contributed by atoms with E-state index in [1.807, 2.05) is 44.2 Å². The number of hydrogen-bond donors (Lipinski definition) is 2. The lowest BCUT2D eigenvalue weighted by Gasteiger charge is -2.31. The Morgan fingerprint density at radius 3 is 2.30 bits per heavy atom. The third-order valence-corrected chi connectivity index (χ3v) is 10.4. The van der Waals surface area contributed by atoms with Crippen molar-refractivity contribution < 1.29 is 26.7 Å². The van der Waals surface area contributed by atoms with E-state index >= 15 is 0 Å². The van der Waals surface area contributed by atoms with Gasteiger partial charge in [0.15, 0.2) is 9.84 Å². The summed E-state index contributed by atoms with van der Waals surface area (Å²) < 4.78 is 52.4. The molecule has 3 rings (SSSR count). The maximum absolute atomic E-state index is 13.5. The molecule has 0 aliphatic carbocycles. The molecule has 0 bridgehead atoms. The molecule has 1 saturated heterocycles. The molecule has 37 heavy (non-hydrogen) atoms. The van der Waals surface area contributed by atoms with Gasteiger partial charge in [-0.15, -0.1) is 0 Å². The predicted molar refractivity (Wildman–Crippen MR) is 144 cm³/mol. The first-order chi connectivity index (χ1) is 17.5. The van der Waals surface area contributed by atoms with Crippen LogP contribution in [0, 0.1) is 11.8 Å². The van der Waals surface area contributed by atoms with Crippen molar-refractivity contribution in [2.45, 2.75) is 56.6 Å². The van der Waals surface area contributed by atoms with Crippen LogP contribution in [0.3, 0.4) is 0 Å². The van der Waals surface area contributed by atoms with Gasteiger partial charge in [-0.3, -0.25) is 4.79 Å². The van der Waals surface area contributed by atoms with Gasteiger partial charge in [0.1, 0.15) is 0 Å². The number of sulfonamides is 1. The summed E-state index contributed by atoms with van der Waals surface area (Å²) in [4.78, 5) is 13.2. The molecule has 1 unspecified atom stereocenters. The van der Waals surface area contributed by atoms with Crippen LogP contribution in [0.5, 0.6) is 0 Å². The Bertz CT molecular complexity index is 1220. The molecule has 204 valence electrons. The molecule has 8 nitrogen and oxygen atoms in total. The van der Waals surface area contributed by atoms with Crippen LogP contribution in [0.1, 0.15) is 38.7 Å². The highest BCUT2D eigenvalue weighted by Crippen LogP contribution is 2.21. The second-order valence-electron chi connectivity index (χ2n) is 10.2. The summed E-state index contributed by atoms with van der Waals surface area (Å²) in [5.41, 5.74) is 0.864. The van der Waals surface area contributed by atoms with Crippen molar-refractivity contribution in [3.8, 4) is 0 Å². The standard InChI is InChI=1S/C27H38N2O6S2/c1-21(2)15-16-29(37(34,35)24-13-7-4-8-14-24)19-26(30)25(18-22-10-5-3-6-11-22)28-27(31)23-12-9-17-36(32,33)20-23/h3-8,10-11,13-14,21,23,25-26,30H,9,12,15-20H2,1-2H3,(H,28,31)/t23?,25-,26+/m0/s1. The van der Waals surface area contributed by atoms with Crippen LogP contribution in [-0.4, -0.2) is 68.9 Å². The molecule has 2 aromatic carbocycles. The van der Waals surface area contributed by atoms with Gasteiger partial charge in [0.2, 0.25) is 15.9 Å². The molecule has 0 saturated carbocycles. The quantitative estimate of drug-likeness (QED) is 0.419. The summed E-state index contributed by atoms with van der Waals surface area (Å²) >= 11 is 0. The largest absolute Gasteiger partial charge is 0.390 e. The molecule has 1 fully saturated rings. The number of aliphatic hydroxyl groups excluding tert-OH is 1. The average molecular weight is 551 g/mol. The Hall–Kier alpha value is -2.27. The molecule has 0 aromatic heterocycles. The van der Waals surface area contributed by atoms with Gasteiger partial charge in [0.25, 0.3) is 0 Å². The number of sulfone groups is 1. The molecular weight excluding hydrogens is 512 g/mol. The molecule has 0 spiro atoms. The molecule has 1 aliphatic heterocycles. The van der Waals surface area contributed by atoms with Crippen molar-refractivity contribution >= 4 is 25.8 Å². The zero-order valence-electron chi connectivity index (χ0n) is 21.5. The molecular formula is C27H38N2O6S2. The smallest absolute Gasteiger partial charge is 0.243 e. The molecule has 10 heteroatoms. The highest BCUT2D eigenvalue weighted by molar-refractivity contribution is 7.91. The minimum absolute atomic E-state index is 0.0784. The van der Waals surface area contributed by atoms with Crippen LogP contribution in [0.15, 0.2) is 65.6 Å². The van der Waals surface area contributed by atoms with Gasteiger partial charge >= 0.3 is 0 Å². The third kappa shape index (κ3) is 8.63. The van der Waals surface area contributed by atoms with Crippen LogP contribution >= 0.6 is 0 Å². The van der Waals surface area contributed by atoms with Gasteiger partial charge in [-0.1, -0.05) is 62.4 Å². The van der Waals surface area contributed by atoms with E-state index in [2.05, 4.69) is 5.32 Å². The fraction of sp³-hybridized carbons (Fsp3) is 0.519. The lowest BCUT2D eigenvalue weighted by molar-refractivity contribution is -0.126.